The standard InChI is InChI=1S/2C22H22ClN3O3/c1-22(2)28-19-15(12-27-11-14-6-4-3-5-7-14)10-17(20(19)29-22)26-13-25-18-16(26)8-9-24-21(18)23;1-22(2)28-19-15(12-27-11-14-6-4-3-5-7-14)10-17(20(19)29-22)26-13-25-16-8-9-24-21(23)18(16)26/h2*3-10,13,17,19-20H,11-12H2,1-2H3/t2*17-,19-,20+/m11/s1. The highest BCUT2D eigenvalue weighted by molar-refractivity contribution is 6.34. The van der Waals surface area contributed by atoms with E-state index in [2.05, 4.69) is 60.9 Å². The lowest BCUT2D eigenvalue weighted by atomic mass is 10.1. The van der Waals surface area contributed by atoms with E-state index >= 15 is 0 Å². The Morgan fingerprint density at radius 1 is 0.586 bits per heavy atom. The molecule has 4 aromatic heterocycles. The number of pyridine rings is 2. The van der Waals surface area contributed by atoms with Gasteiger partial charge in [-0.25, -0.2) is 19.9 Å². The maximum absolute atomic E-state index is 6.38. The first-order valence-corrected chi connectivity index (χ1v) is 20.1. The molecule has 6 heterocycles. The molecular formula is C44H44Cl2N6O6. The summed E-state index contributed by atoms with van der Waals surface area (Å²) in [7, 11) is 0. The van der Waals surface area contributed by atoms with Gasteiger partial charge < -0.3 is 37.6 Å². The van der Waals surface area contributed by atoms with Crippen molar-refractivity contribution in [2.75, 3.05) is 13.2 Å². The average molecular weight is 824 g/mol. The molecule has 0 saturated carbocycles. The van der Waals surface area contributed by atoms with Crippen molar-refractivity contribution < 1.29 is 28.4 Å². The Morgan fingerprint density at radius 2 is 1.10 bits per heavy atom. The first kappa shape index (κ1) is 39.0. The van der Waals surface area contributed by atoms with E-state index in [-0.39, 0.29) is 36.5 Å². The maximum atomic E-state index is 6.38. The van der Waals surface area contributed by atoms with Gasteiger partial charge in [-0.15, -0.1) is 0 Å². The van der Waals surface area contributed by atoms with Gasteiger partial charge in [-0.05, 0) is 62.1 Å². The van der Waals surface area contributed by atoms with Crippen molar-refractivity contribution in [2.45, 2.75) is 89.0 Å². The zero-order valence-electron chi connectivity index (χ0n) is 32.6. The van der Waals surface area contributed by atoms with Gasteiger partial charge in [0.2, 0.25) is 0 Å². The van der Waals surface area contributed by atoms with Crippen LogP contribution in [0.4, 0.5) is 0 Å². The second-order valence-electron chi connectivity index (χ2n) is 15.7. The minimum Gasteiger partial charge on any atom is -0.372 e. The molecule has 300 valence electrons. The van der Waals surface area contributed by atoms with Crippen LogP contribution in [0.25, 0.3) is 22.1 Å². The third kappa shape index (κ3) is 7.83. The van der Waals surface area contributed by atoms with E-state index in [1.807, 2.05) is 80.8 Å². The number of fused-ring (bicyclic) bond motifs is 4. The summed E-state index contributed by atoms with van der Waals surface area (Å²) in [5, 5.41) is 0.826. The van der Waals surface area contributed by atoms with Gasteiger partial charge in [-0.2, -0.15) is 0 Å². The summed E-state index contributed by atoms with van der Waals surface area (Å²) in [5.74, 6) is -1.31. The Morgan fingerprint density at radius 3 is 1.69 bits per heavy atom. The topological polar surface area (TPSA) is 117 Å². The van der Waals surface area contributed by atoms with Crippen molar-refractivity contribution in [1.82, 2.24) is 29.1 Å². The second-order valence-corrected chi connectivity index (χ2v) is 16.4. The van der Waals surface area contributed by atoms with E-state index in [0.29, 0.717) is 42.3 Å². The van der Waals surface area contributed by atoms with Crippen molar-refractivity contribution >= 4 is 45.3 Å². The van der Waals surface area contributed by atoms with Gasteiger partial charge in [0.15, 0.2) is 21.9 Å². The van der Waals surface area contributed by atoms with E-state index in [1.54, 1.807) is 25.0 Å². The largest absolute Gasteiger partial charge is 0.372 e. The minimum atomic E-state index is -0.662. The first-order chi connectivity index (χ1) is 28.0. The van der Waals surface area contributed by atoms with Crippen LogP contribution in [0, 0.1) is 0 Å². The monoisotopic (exact) mass is 822 g/mol. The summed E-state index contributed by atoms with van der Waals surface area (Å²) in [6, 6.07) is 23.9. The molecule has 0 bridgehead atoms. The molecule has 0 spiro atoms. The highest BCUT2D eigenvalue weighted by Crippen LogP contribution is 2.46. The number of imidazole rings is 2. The Labute approximate surface area is 346 Å². The van der Waals surface area contributed by atoms with Gasteiger partial charge in [0.25, 0.3) is 0 Å². The Hall–Kier alpha value is -4.50. The zero-order valence-corrected chi connectivity index (χ0v) is 34.1. The number of halogens is 2. The van der Waals surface area contributed by atoms with Crippen LogP contribution >= 0.6 is 23.2 Å². The quantitative estimate of drug-likeness (QED) is 0.0983. The molecule has 2 saturated heterocycles. The summed E-state index contributed by atoms with van der Waals surface area (Å²) in [4.78, 5) is 17.3. The summed E-state index contributed by atoms with van der Waals surface area (Å²) in [6.45, 7) is 9.82. The van der Waals surface area contributed by atoms with Crippen LogP contribution in [0.5, 0.6) is 0 Å². The maximum Gasteiger partial charge on any atom is 0.164 e. The molecule has 14 heteroatoms. The van der Waals surface area contributed by atoms with E-state index in [1.165, 1.54) is 0 Å². The fourth-order valence-corrected chi connectivity index (χ4v) is 8.72. The molecule has 0 radical (unpaired) electrons. The Bertz CT molecular complexity index is 2470. The second kappa shape index (κ2) is 15.9. The molecule has 12 nitrogen and oxygen atoms in total. The van der Waals surface area contributed by atoms with Crippen LogP contribution in [0.15, 0.2) is 121 Å². The number of ether oxygens (including phenoxy) is 6. The third-order valence-corrected chi connectivity index (χ3v) is 11.3. The highest BCUT2D eigenvalue weighted by atomic mass is 35.5. The Kier molecular flexibility index (Phi) is 10.7. The summed E-state index contributed by atoms with van der Waals surface area (Å²) in [5.41, 5.74) is 7.66. The molecule has 0 N–H and O–H groups in total. The number of benzene rings is 2. The Balaban J connectivity index is 0.000000150. The predicted octanol–water partition coefficient (Wildman–Crippen LogP) is 8.61. The van der Waals surface area contributed by atoms with Gasteiger partial charge in [-0.1, -0.05) is 96.0 Å². The van der Waals surface area contributed by atoms with Gasteiger partial charge in [0.1, 0.15) is 35.4 Å². The fourth-order valence-electron chi connectivity index (χ4n) is 8.27. The minimum absolute atomic E-state index is 0.0550. The van der Waals surface area contributed by atoms with E-state index in [0.717, 1.165) is 38.8 Å². The molecule has 58 heavy (non-hydrogen) atoms. The third-order valence-electron chi connectivity index (χ3n) is 10.7. The lowest BCUT2D eigenvalue weighted by Crippen LogP contribution is -2.28. The molecule has 4 aliphatic rings. The van der Waals surface area contributed by atoms with Crippen molar-refractivity contribution in [3.05, 3.63) is 143 Å². The van der Waals surface area contributed by atoms with Crippen LogP contribution in [0.3, 0.4) is 0 Å². The molecule has 2 fully saturated rings. The number of hydrogen-bond donors (Lipinski definition) is 0. The average Bonchev–Trinajstić information content (AvgIpc) is 4.05. The van der Waals surface area contributed by atoms with Crippen LogP contribution in [0.2, 0.25) is 10.3 Å². The van der Waals surface area contributed by atoms with Crippen molar-refractivity contribution in [3.63, 3.8) is 0 Å². The SMILES string of the molecule is CC1(C)O[C@@H]2[C@H](O1)C(COCc1ccccc1)=C[C@H]2n1cnc2c(Cl)nccc21.CC1(C)O[C@@H]2[C@H](O1)C(COCc1ccccc1)=C[C@H]2n1cnc2ccnc(Cl)c21. The molecule has 0 amide bonds. The van der Waals surface area contributed by atoms with Crippen LogP contribution in [0.1, 0.15) is 50.9 Å². The van der Waals surface area contributed by atoms with Crippen molar-refractivity contribution in [1.29, 1.82) is 0 Å². The van der Waals surface area contributed by atoms with Crippen LogP contribution in [-0.4, -0.2) is 78.3 Å². The summed E-state index contributed by atoms with van der Waals surface area (Å²) < 4.78 is 41.0. The van der Waals surface area contributed by atoms with E-state index in [9.17, 15) is 0 Å². The van der Waals surface area contributed by atoms with Crippen molar-refractivity contribution in [3.8, 4) is 0 Å². The van der Waals surface area contributed by atoms with Gasteiger partial charge in [0, 0.05) is 12.4 Å². The molecule has 6 aromatic rings. The number of rotatable bonds is 10. The molecular weight excluding hydrogens is 779 g/mol. The number of hydrogen-bond acceptors (Lipinski definition) is 10. The smallest absolute Gasteiger partial charge is 0.164 e. The summed E-state index contributed by atoms with van der Waals surface area (Å²) >= 11 is 12.6. The predicted molar refractivity (Wildman–Crippen MR) is 219 cm³/mol. The lowest BCUT2D eigenvalue weighted by Gasteiger charge is -2.22. The molecule has 2 aliphatic carbocycles. The van der Waals surface area contributed by atoms with E-state index in [4.69, 9.17) is 51.6 Å². The number of aromatic nitrogens is 6. The number of nitrogens with zero attached hydrogens (tertiary/aromatic N) is 6. The molecule has 2 aliphatic heterocycles. The first-order valence-electron chi connectivity index (χ1n) is 19.3. The normalized spacial score (nSPS) is 25.3. The molecule has 2 aromatic carbocycles. The van der Waals surface area contributed by atoms with Gasteiger partial charge >= 0.3 is 0 Å². The molecule has 0 unspecified atom stereocenters. The highest BCUT2D eigenvalue weighted by Gasteiger charge is 2.52. The van der Waals surface area contributed by atoms with Crippen LogP contribution < -0.4 is 0 Å². The lowest BCUT2D eigenvalue weighted by molar-refractivity contribution is -0.148. The molecule has 10 rings (SSSR count). The zero-order chi connectivity index (χ0) is 40.0. The van der Waals surface area contributed by atoms with Gasteiger partial charge in [-0.3, -0.25) is 0 Å². The molecule has 6 atom stereocenters. The fraction of sp³-hybridized carbons (Fsp3) is 0.364. The van der Waals surface area contributed by atoms with Crippen molar-refractivity contribution in [2.24, 2.45) is 0 Å². The summed E-state index contributed by atoms with van der Waals surface area (Å²) in [6.07, 6.45) is 10.6. The van der Waals surface area contributed by atoms with Crippen LogP contribution in [-0.2, 0) is 41.6 Å². The van der Waals surface area contributed by atoms with Gasteiger partial charge in [0.05, 0.1) is 62.2 Å². The van der Waals surface area contributed by atoms with E-state index < -0.39 is 11.6 Å².